The van der Waals surface area contributed by atoms with Crippen molar-refractivity contribution in [3.05, 3.63) is 28.4 Å². The largest absolute Gasteiger partial charge is 0.307 e. The van der Waals surface area contributed by atoms with Crippen LogP contribution in [0.3, 0.4) is 0 Å². The Labute approximate surface area is 53.0 Å². The Morgan fingerprint density at radius 2 is 2.44 bits per heavy atom. The molecule has 0 unspecified atom stereocenters. The van der Waals surface area contributed by atoms with Crippen LogP contribution in [-0.2, 0) is 7.05 Å². The molecule has 1 aromatic heterocycles. The van der Waals surface area contributed by atoms with E-state index in [-0.39, 0.29) is 5.56 Å². The molecule has 3 nitrogen and oxygen atoms in total. The molecular weight excluding hydrogens is 116 g/mol. The summed E-state index contributed by atoms with van der Waals surface area (Å²) in [6.45, 7) is 1.79. The minimum absolute atomic E-state index is 0.124. The van der Waals surface area contributed by atoms with Crippen molar-refractivity contribution in [2.45, 2.75) is 6.92 Å². The monoisotopic (exact) mass is 123 g/mol. The molecule has 0 saturated carbocycles. The highest BCUT2D eigenvalue weighted by molar-refractivity contribution is 4.90. The standard InChI is InChI=1S/C6H7N2O/c1-5-4-8(2)6(9)3-7-5/h3H,1-2H3. The first-order valence-corrected chi connectivity index (χ1v) is 2.62. The first kappa shape index (κ1) is 6.01. The van der Waals surface area contributed by atoms with Gasteiger partial charge in [0, 0.05) is 7.05 Å². The van der Waals surface area contributed by atoms with E-state index in [0.29, 0.717) is 0 Å². The van der Waals surface area contributed by atoms with Crippen LogP contribution in [0.1, 0.15) is 5.69 Å². The number of nitrogens with zero attached hydrogens (tertiary/aromatic N) is 2. The van der Waals surface area contributed by atoms with Gasteiger partial charge in [0.1, 0.15) is 0 Å². The highest BCUT2D eigenvalue weighted by Gasteiger charge is 1.88. The predicted molar refractivity (Wildman–Crippen MR) is 33.1 cm³/mol. The lowest BCUT2D eigenvalue weighted by Gasteiger charge is -1.92. The summed E-state index contributed by atoms with van der Waals surface area (Å²) >= 11 is 0. The van der Waals surface area contributed by atoms with Gasteiger partial charge in [-0.2, -0.15) is 0 Å². The fourth-order valence-electron chi connectivity index (χ4n) is 0.565. The summed E-state index contributed by atoms with van der Waals surface area (Å²) in [6, 6.07) is 0. The maximum absolute atomic E-state index is 10.6. The van der Waals surface area contributed by atoms with Crippen LogP contribution in [0.15, 0.2) is 11.0 Å². The van der Waals surface area contributed by atoms with Gasteiger partial charge in [0.05, 0.1) is 18.1 Å². The molecule has 1 heterocycles. The third kappa shape index (κ3) is 1.16. The fraction of sp³-hybridized carbons (Fsp3) is 0.333. The Morgan fingerprint density at radius 3 is 2.89 bits per heavy atom. The van der Waals surface area contributed by atoms with E-state index in [2.05, 4.69) is 11.2 Å². The van der Waals surface area contributed by atoms with E-state index in [0.717, 1.165) is 5.69 Å². The van der Waals surface area contributed by atoms with Crippen molar-refractivity contribution in [1.82, 2.24) is 9.55 Å². The lowest BCUT2D eigenvalue weighted by molar-refractivity contribution is 0.817. The quantitative estimate of drug-likeness (QED) is 0.482. The SMILES string of the molecule is Cc1[c]n(C)c(=O)cn1. The summed E-state index contributed by atoms with van der Waals surface area (Å²) in [4.78, 5) is 14.4. The highest BCUT2D eigenvalue weighted by Crippen LogP contribution is 1.80. The van der Waals surface area contributed by atoms with Crippen LogP contribution in [0.4, 0.5) is 0 Å². The summed E-state index contributed by atoms with van der Waals surface area (Å²) in [5, 5.41) is 0. The maximum atomic E-state index is 10.6. The molecule has 3 heteroatoms. The van der Waals surface area contributed by atoms with E-state index in [1.807, 2.05) is 0 Å². The van der Waals surface area contributed by atoms with Crippen molar-refractivity contribution >= 4 is 0 Å². The van der Waals surface area contributed by atoms with Gasteiger partial charge in [-0.15, -0.1) is 0 Å². The third-order valence-electron chi connectivity index (χ3n) is 1.03. The third-order valence-corrected chi connectivity index (χ3v) is 1.03. The van der Waals surface area contributed by atoms with Crippen molar-refractivity contribution in [3.63, 3.8) is 0 Å². The second kappa shape index (κ2) is 2.01. The molecule has 0 amide bonds. The van der Waals surface area contributed by atoms with Crippen LogP contribution in [0.5, 0.6) is 0 Å². The maximum Gasteiger partial charge on any atom is 0.269 e. The number of rotatable bonds is 0. The molecule has 1 rings (SSSR count). The first-order chi connectivity index (χ1) is 4.20. The average molecular weight is 123 g/mol. The molecule has 0 aliphatic carbocycles. The van der Waals surface area contributed by atoms with Gasteiger partial charge in [0.2, 0.25) is 0 Å². The van der Waals surface area contributed by atoms with Gasteiger partial charge in [0.15, 0.2) is 0 Å². The number of hydrogen-bond acceptors (Lipinski definition) is 2. The second-order valence-electron chi connectivity index (χ2n) is 1.85. The molecule has 1 aromatic rings. The highest BCUT2D eigenvalue weighted by atomic mass is 16.1. The van der Waals surface area contributed by atoms with Crippen molar-refractivity contribution in [2.24, 2.45) is 7.05 Å². The van der Waals surface area contributed by atoms with Gasteiger partial charge >= 0.3 is 0 Å². The first-order valence-electron chi connectivity index (χ1n) is 2.62. The number of hydrogen-bond donors (Lipinski definition) is 0. The van der Waals surface area contributed by atoms with Gasteiger partial charge in [-0.1, -0.05) is 0 Å². The van der Waals surface area contributed by atoms with E-state index in [1.54, 1.807) is 14.0 Å². The number of aryl methyl sites for hydroxylation is 2. The minimum Gasteiger partial charge on any atom is -0.307 e. The van der Waals surface area contributed by atoms with Crippen molar-refractivity contribution in [3.8, 4) is 0 Å². The summed E-state index contributed by atoms with van der Waals surface area (Å²) in [5.74, 6) is 0. The van der Waals surface area contributed by atoms with Gasteiger partial charge in [0.25, 0.3) is 5.56 Å². The molecule has 0 bridgehead atoms. The zero-order valence-electron chi connectivity index (χ0n) is 5.38. The molecule has 0 aromatic carbocycles. The zero-order valence-corrected chi connectivity index (χ0v) is 5.38. The molecule has 0 fully saturated rings. The van der Waals surface area contributed by atoms with Crippen molar-refractivity contribution in [2.75, 3.05) is 0 Å². The van der Waals surface area contributed by atoms with Crippen LogP contribution in [-0.4, -0.2) is 9.55 Å². The van der Waals surface area contributed by atoms with Crippen LogP contribution in [0, 0.1) is 13.1 Å². The summed E-state index contributed by atoms with van der Waals surface area (Å²) in [7, 11) is 1.65. The van der Waals surface area contributed by atoms with Crippen LogP contribution >= 0.6 is 0 Å². The van der Waals surface area contributed by atoms with Crippen molar-refractivity contribution < 1.29 is 0 Å². The minimum atomic E-state index is -0.124. The van der Waals surface area contributed by atoms with Gasteiger partial charge in [-0.3, -0.25) is 9.78 Å². The second-order valence-corrected chi connectivity index (χ2v) is 1.85. The molecule has 0 N–H and O–H groups in total. The van der Waals surface area contributed by atoms with Gasteiger partial charge < -0.3 is 4.57 Å². The summed E-state index contributed by atoms with van der Waals surface area (Å²) in [6.07, 6.45) is 4.02. The molecule has 0 atom stereocenters. The molecule has 47 valence electrons. The normalized spacial score (nSPS) is 9.56. The lowest BCUT2D eigenvalue weighted by atomic mass is 10.5. The molecular formula is C6H7N2O. The van der Waals surface area contributed by atoms with Crippen LogP contribution in [0.2, 0.25) is 0 Å². The molecule has 0 aliphatic rings. The summed E-state index contributed by atoms with van der Waals surface area (Å²) in [5.41, 5.74) is 0.609. The summed E-state index contributed by atoms with van der Waals surface area (Å²) < 4.78 is 1.38. The van der Waals surface area contributed by atoms with E-state index in [1.165, 1.54) is 10.8 Å². The van der Waals surface area contributed by atoms with Gasteiger partial charge in [-0.05, 0) is 6.92 Å². The van der Waals surface area contributed by atoms with E-state index < -0.39 is 0 Å². The predicted octanol–water partition coefficient (Wildman–Crippen LogP) is -0.111. The van der Waals surface area contributed by atoms with Crippen LogP contribution in [0.25, 0.3) is 0 Å². The molecule has 0 aliphatic heterocycles. The van der Waals surface area contributed by atoms with E-state index in [9.17, 15) is 4.79 Å². The topological polar surface area (TPSA) is 34.9 Å². The molecule has 9 heavy (non-hydrogen) atoms. The zero-order chi connectivity index (χ0) is 6.85. The molecule has 0 spiro atoms. The fourth-order valence-corrected chi connectivity index (χ4v) is 0.565. The Kier molecular flexibility index (Phi) is 1.34. The average Bonchev–Trinajstić information content (AvgIpc) is 1.80. The number of aromatic nitrogens is 2. The van der Waals surface area contributed by atoms with Crippen molar-refractivity contribution in [1.29, 1.82) is 0 Å². The van der Waals surface area contributed by atoms with E-state index in [4.69, 9.17) is 0 Å². The Morgan fingerprint density at radius 1 is 1.78 bits per heavy atom. The molecule has 1 radical (unpaired) electrons. The Hall–Kier alpha value is -1.12. The Balaban J connectivity index is 3.34. The smallest absolute Gasteiger partial charge is 0.269 e. The van der Waals surface area contributed by atoms with E-state index >= 15 is 0 Å². The Bertz CT molecular complexity index is 264. The van der Waals surface area contributed by atoms with Crippen LogP contribution < -0.4 is 5.56 Å². The molecule has 0 saturated heterocycles. The van der Waals surface area contributed by atoms with Gasteiger partial charge in [-0.25, -0.2) is 0 Å². The lowest BCUT2D eigenvalue weighted by Crippen LogP contribution is -2.16.